The first-order chi connectivity index (χ1) is 8.54. The van der Waals surface area contributed by atoms with Gasteiger partial charge in [-0.25, -0.2) is 0 Å². The lowest BCUT2D eigenvalue weighted by atomic mass is 9.86. The average molecular weight is 290 g/mol. The number of rotatable bonds is 4. The van der Waals surface area contributed by atoms with Crippen LogP contribution in [0.2, 0.25) is 0 Å². The third-order valence-electron chi connectivity index (χ3n) is 5.05. The van der Waals surface area contributed by atoms with Crippen molar-refractivity contribution in [1.82, 2.24) is 15.1 Å². The van der Waals surface area contributed by atoms with Crippen LogP contribution in [0.5, 0.6) is 0 Å². The second kappa shape index (κ2) is 7.26. The summed E-state index contributed by atoms with van der Waals surface area (Å²) < 4.78 is 0. The molecule has 3 atom stereocenters. The zero-order valence-corrected chi connectivity index (χ0v) is 13.9. The number of nitrogens with zero attached hydrogens (tertiary/aromatic N) is 2. The molecule has 0 bridgehead atoms. The second-order valence-corrected chi connectivity index (χ2v) is 6.88. The molecule has 0 amide bonds. The molecule has 2 saturated heterocycles. The Morgan fingerprint density at radius 2 is 2.16 bits per heavy atom. The number of piperidine rings is 1. The van der Waals surface area contributed by atoms with Crippen molar-refractivity contribution < 1.29 is 0 Å². The Balaban J connectivity index is 0.00000180. The van der Waals surface area contributed by atoms with Gasteiger partial charge in [-0.15, -0.1) is 12.4 Å². The Kier molecular flexibility index (Phi) is 6.58. The first-order valence-electron chi connectivity index (χ1n) is 7.67. The topological polar surface area (TPSA) is 18.5 Å². The molecule has 2 aliphatic rings. The monoisotopic (exact) mass is 289 g/mol. The van der Waals surface area contributed by atoms with Gasteiger partial charge in [-0.1, -0.05) is 20.8 Å². The smallest absolute Gasteiger partial charge is 0.0142 e. The fourth-order valence-corrected chi connectivity index (χ4v) is 3.88. The van der Waals surface area contributed by atoms with Crippen molar-refractivity contribution in [2.24, 2.45) is 11.3 Å². The Morgan fingerprint density at radius 3 is 2.68 bits per heavy atom. The molecule has 2 rings (SSSR count). The van der Waals surface area contributed by atoms with E-state index in [1.54, 1.807) is 0 Å². The molecule has 0 aromatic rings. The maximum Gasteiger partial charge on any atom is 0.0142 e. The van der Waals surface area contributed by atoms with Crippen molar-refractivity contribution in [3.63, 3.8) is 0 Å². The summed E-state index contributed by atoms with van der Waals surface area (Å²) in [6.45, 7) is 14.6. The van der Waals surface area contributed by atoms with Gasteiger partial charge >= 0.3 is 0 Å². The largest absolute Gasteiger partial charge is 0.316 e. The van der Waals surface area contributed by atoms with E-state index in [0.717, 1.165) is 12.0 Å². The Labute approximate surface area is 125 Å². The maximum atomic E-state index is 3.51. The molecule has 0 aliphatic carbocycles. The van der Waals surface area contributed by atoms with Crippen LogP contribution in [-0.4, -0.2) is 62.2 Å². The van der Waals surface area contributed by atoms with Crippen LogP contribution in [0.15, 0.2) is 0 Å². The molecular weight excluding hydrogens is 258 g/mol. The average Bonchev–Trinajstić information content (AvgIpc) is 2.75. The molecule has 2 fully saturated rings. The lowest BCUT2D eigenvalue weighted by molar-refractivity contribution is 0.0600. The van der Waals surface area contributed by atoms with Crippen LogP contribution in [0.4, 0.5) is 0 Å². The summed E-state index contributed by atoms with van der Waals surface area (Å²) in [4.78, 5) is 5.23. The van der Waals surface area contributed by atoms with Gasteiger partial charge in [0.15, 0.2) is 0 Å². The lowest BCUT2D eigenvalue weighted by Crippen LogP contribution is -2.51. The normalized spacial score (nSPS) is 36.5. The highest BCUT2D eigenvalue weighted by molar-refractivity contribution is 5.85. The van der Waals surface area contributed by atoms with E-state index in [-0.39, 0.29) is 12.4 Å². The second-order valence-electron chi connectivity index (χ2n) is 6.88. The Bertz CT molecular complexity index is 266. The van der Waals surface area contributed by atoms with Crippen molar-refractivity contribution in [3.05, 3.63) is 0 Å². The highest BCUT2D eigenvalue weighted by Gasteiger charge is 2.34. The first kappa shape index (κ1) is 17.2. The highest BCUT2D eigenvalue weighted by Crippen LogP contribution is 2.29. The van der Waals surface area contributed by atoms with Crippen LogP contribution in [-0.2, 0) is 0 Å². The molecule has 2 heterocycles. The van der Waals surface area contributed by atoms with Crippen LogP contribution >= 0.6 is 12.4 Å². The lowest BCUT2D eigenvalue weighted by Gasteiger charge is -2.43. The van der Waals surface area contributed by atoms with E-state index in [9.17, 15) is 0 Å². The van der Waals surface area contributed by atoms with Crippen molar-refractivity contribution in [3.8, 4) is 0 Å². The van der Waals surface area contributed by atoms with Crippen LogP contribution < -0.4 is 5.32 Å². The molecule has 1 N–H and O–H groups in total. The van der Waals surface area contributed by atoms with E-state index in [1.165, 1.54) is 52.1 Å². The van der Waals surface area contributed by atoms with Crippen LogP contribution in [0.25, 0.3) is 0 Å². The zero-order valence-electron chi connectivity index (χ0n) is 13.1. The van der Waals surface area contributed by atoms with Crippen molar-refractivity contribution in [2.75, 3.05) is 46.3 Å². The fourth-order valence-electron chi connectivity index (χ4n) is 3.88. The van der Waals surface area contributed by atoms with E-state index in [0.29, 0.717) is 5.41 Å². The number of halogens is 1. The molecule has 0 spiro atoms. The number of nitrogens with one attached hydrogen (secondary N) is 1. The van der Waals surface area contributed by atoms with Gasteiger partial charge in [0.05, 0.1) is 0 Å². The highest BCUT2D eigenvalue weighted by atomic mass is 35.5. The predicted octanol–water partition coefficient (Wildman–Crippen LogP) is 2.07. The number of likely N-dealkylation sites (tertiary alicyclic amines) is 1. The molecule has 19 heavy (non-hydrogen) atoms. The molecule has 0 saturated carbocycles. The minimum atomic E-state index is 0. The van der Waals surface area contributed by atoms with E-state index < -0.39 is 0 Å². The third-order valence-corrected chi connectivity index (χ3v) is 5.05. The van der Waals surface area contributed by atoms with Gasteiger partial charge in [0.2, 0.25) is 0 Å². The van der Waals surface area contributed by atoms with Gasteiger partial charge in [0, 0.05) is 25.7 Å². The third kappa shape index (κ3) is 4.32. The Morgan fingerprint density at radius 1 is 1.42 bits per heavy atom. The standard InChI is InChI=1S/C15H31N3.ClH/c1-5-18-9-6-14(13(2)10-18)17(4)12-15(3)7-8-16-11-15;/h13-14,16H,5-12H2,1-4H3;1H. The molecule has 4 heteroatoms. The number of hydrogen-bond donors (Lipinski definition) is 1. The quantitative estimate of drug-likeness (QED) is 0.855. The molecule has 114 valence electrons. The van der Waals surface area contributed by atoms with E-state index in [2.05, 4.69) is 42.9 Å². The van der Waals surface area contributed by atoms with E-state index in [4.69, 9.17) is 0 Å². The summed E-state index contributed by atoms with van der Waals surface area (Å²) in [6.07, 6.45) is 2.68. The molecule has 0 aromatic heterocycles. The summed E-state index contributed by atoms with van der Waals surface area (Å²) in [5.74, 6) is 0.807. The van der Waals surface area contributed by atoms with Gasteiger partial charge in [-0.3, -0.25) is 0 Å². The Hall–Kier alpha value is 0.170. The summed E-state index contributed by atoms with van der Waals surface area (Å²) in [7, 11) is 2.34. The molecule has 3 nitrogen and oxygen atoms in total. The fraction of sp³-hybridized carbons (Fsp3) is 1.00. The predicted molar refractivity (Wildman–Crippen MR) is 85.2 cm³/mol. The summed E-state index contributed by atoms with van der Waals surface area (Å²) >= 11 is 0. The van der Waals surface area contributed by atoms with Crippen LogP contribution in [0.1, 0.15) is 33.6 Å². The van der Waals surface area contributed by atoms with Crippen molar-refractivity contribution in [2.45, 2.75) is 39.7 Å². The van der Waals surface area contributed by atoms with Gasteiger partial charge in [0.25, 0.3) is 0 Å². The summed E-state index contributed by atoms with van der Waals surface area (Å²) in [5.41, 5.74) is 0.496. The van der Waals surface area contributed by atoms with Crippen molar-refractivity contribution in [1.29, 1.82) is 0 Å². The van der Waals surface area contributed by atoms with Gasteiger partial charge in [0.1, 0.15) is 0 Å². The van der Waals surface area contributed by atoms with Gasteiger partial charge in [-0.2, -0.15) is 0 Å². The maximum absolute atomic E-state index is 3.51. The molecule has 0 aromatic carbocycles. The summed E-state index contributed by atoms with van der Waals surface area (Å²) in [6, 6.07) is 0.783. The van der Waals surface area contributed by atoms with Gasteiger partial charge < -0.3 is 15.1 Å². The van der Waals surface area contributed by atoms with Gasteiger partial charge in [-0.05, 0) is 50.9 Å². The molecule has 3 unspecified atom stereocenters. The van der Waals surface area contributed by atoms with Crippen LogP contribution in [0, 0.1) is 11.3 Å². The SMILES string of the molecule is CCN1CCC(N(C)CC2(C)CCNC2)C(C)C1.Cl. The summed E-state index contributed by atoms with van der Waals surface area (Å²) in [5, 5.41) is 3.51. The number of hydrogen-bond acceptors (Lipinski definition) is 3. The van der Waals surface area contributed by atoms with Crippen LogP contribution in [0.3, 0.4) is 0 Å². The van der Waals surface area contributed by atoms with Crippen molar-refractivity contribution >= 4 is 12.4 Å². The molecular formula is C15H32ClN3. The first-order valence-corrected chi connectivity index (χ1v) is 7.67. The van der Waals surface area contributed by atoms with E-state index in [1.807, 2.05) is 0 Å². The molecule has 0 radical (unpaired) electrons. The minimum absolute atomic E-state index is 0. The zero-order chi connectivity index (χ0) is 13.2. The minimum Gasteiger partial charge on any atom is -0.316 e. The molecule has 2 aliphatic heterocycles. The van der Waals surface area contributed by atoms with E-state index >= 15 is 0 Å².